The summed E-state index contributed by atoms with van der Waals surface area (Å²) >= 11 is 0. The minimum Gasteiger partial charge on any atom is -0.354 e. The molecule has 2 heterocycles. The first-order chi connectivity index (χ1) is 10.2. The summed E-state index contributed by atoms with van der Waals surface area (Å²) in [6.45, 7) is 1.20. The molecule has 2 amide bonds. The van der Waals surface area contributed by atoms with Crippen LogP contribution in [0.3, 0.4) is 0 Å². The molecule has 7 heteroatoms. The summed E-state index contributed by atoms with van der Waals surface area (Å²) in [5.41, 5.74) is -0.116. The summed E-state index contributed by atoms with van der Waals surface area (Å²) in [7, 11) is 0. The number of carbonyl (C=O) groups excluding carboxylic acids is 2. The molecule has 21 heavy (non-hydrogen) atoms. The second-order valence-corrected chi connectivity index (χ2v) is 4.84. The number of carbonyl (C=O) groups is 2. The molecule has 0 atom stereocenters. The molecule has 1 aromatic heterocycles. The van der Waals surface area contributed by atoms with Gasteiger partial charge in [-0.3, -0.25) is 14.4 Å². The lowest BCUT2D eigenvalue weighted by Crippen LogP contribution is -2.35. The van der Waals surface area contributed by atoms with Crippen LogP contribution in [0.1, 0.15) is 16.9 Å². The summed E-state index contributed by atoms with van der Waals surface area (Å²) in [6.07, 6.45) is 0.271. The summed E-state index contributed by atoms with van der Waals surface area (Å²) in [4.78, 5) is 37.2. The molecular formula is C14H14N4O3. The number of hydrogen-bond donors (Lipinski definition) is 2. The molecule has 1 fully saturated rings. The summed E-state index contributed by atoms with van der Waals surface area (Å²) in [6, 6.07) is 6.85. The lowest BCUT2D eigenvalue weighted by molar-refractivity contribution is -0.120. The number of amides is 2. The molecule has 2 N–H and O–H groups in total. The topological polar surface area (TPSA) is 95.2 Å². The molecule has 1 aliphatic rings. The average molecular weight is 286 g/mol. The quantitative estimate of drug-likeness (QED) is 0.764. The molecule has 0 radical (unpaired) electrons. The summed E-state index contributed by atoms with van der Waals surface area (Å²) < 4.78 is 0. The van der Waals surface area contributed by atoms with Crippen LogP contribution in [0.5, 0.6) is 0 Å². The first-order valence-electron chi connectivity index (χ1n) is 6.70. The SMILES string of the molecule is O=C1CCN(C(=O)c2n[nH]c(=O)c3ccccc23)CCN1. The van der Waals surface area contributed by atoms with E-state index in [0.29, 0.717) is 30.4 Å². The highest BCUT2D eigenvalue weighted by molar-refractivity contribution is 6.04. The van der Waals surface area contributed by atoms with Crippen LogP contribution in [0.4, 0.5) is 0 Å². The smallest absolute Gasteiger partial charge is 0.275 e. The first kappa shape index (κ1) is 13.3. The highest BCUT2D eigenvalue weighted by Gasteiger charge is 2.23. The van der Waals surface area contributed by atoms with Crippen molar-refractivity contribution < 1.29 is 9.59 Å². The van der Waals surface area contributed by atoms with Crippen molar-refractivity contribution in [2.24, 2.45) is 0 Å². The predicted octanol–water partition coefficient (Wildman–Crippen LogP) is -0.115. The summed E-state index contributed by atoms with van der Waals surface area (Å²) in [5.74, 6) is -0.344. The molecule has 0 bridgehead atoms. The number of hydrogen-bond acceptors (Lipinski definition) is 4. The number of nitrogens with one attached hydrogen (secondary N) is 2. The molecular weight excluding hydrogens is 272 g/mol. The Morgan fingerprint density at radius 3 is 2.71 bits per heavy atom. The van der Waals surface area contributed by atoms with Gasteiger partial charge < -0.3 is 10.2 Å². The Labute approximate surface area is 119 Å². The normalized spacial score (nSPS) is 15.6. The number of benzene rings is 1. The number of aromatic nitrogens is 2. The van der Waals surface area contributed by atoms with Gasteiger partial charge in [0.05, 0.1) is 5.39 Å². The van der Waals surface area contributed by atoms with Gasteiger partial charge in [-0.1, -0.05) is 18.2 Å². The van der Waals surface area contributed by atoms with E-state index in [9.17, 15) is 14.4 Å². The van der Waals surface area contributed by atoms with Crippen molar-refractivity contribution in [1.29, 1.82) is 0 Å². The van der Waals surface area contributed by atoms with Crippen LogP contribution >= 0.6 is 0 Å². The standard InChI is InChI=1S/C14H14N4O3/c19-11-5-7-18(8-6-15-11)14(21)12-9-3-1-2-4-10(9)13(20)17-16-12/h1-4H,5-8H2,(H,15,19)(H,17,20). The van der Waals surface area contributed by atoms with Gasteiger partial charge in [-0.05, 0) is 6.07 Å². The van der Waals surface area contributed by atoms with E-state index in [4.69, 9.17) is 0 Å². The third-order valence-electron chi connectivity index (χ3n) is 3.50. The Balaban J connectivity index is 2.00. The van der Waals surface area contributed by atoms with E-state index in [1.165, 1.54) is 0 Å². The van der Waals surface area contributed by atoms with Crippen molar-refractivity contribution >= 4 is 22.6 Å². The minimum atomic E-state index is -0.324. The maximum Gasteiger partial charge on any atom is 0.275 e. The van der Waals surface area contributed by atoms with Crippen LogP contribution in [0, 0.1) is 0 Å². The van der Waals surface area contributed by atoms with Gasteiger partial charge in [0.1, 0.15) is 0 Å². The van der Waals surface area contributed by atoms with Crippen LogP contribution in [0.15, 0.2) is 29.1 Å². The van der Waals surface area contributed by atoms with Gasteiger partial charge >= 0.3 is 0 Å². The largest absolute Gasteiger partial charge is 0.354 e. The molecule has 0 saturated carbocycles. The molecule has 2 aromatic rings. The lowest BCUT2D eigenvalue weighted by atomic mass is 10.1. The monoisotopic (exact) mass is 286 g/mol. The molecule has 0 spiro atoms. The number of aromatic amines is 1. The van der Waals surface area contributed by atoms with Crippen LogP contribution in [-0.4, -0.2) is 46.5 Å². The van der Waals surface area contributed by atoms with Crippen LogP contribution in [0.2, 0.25) is 0 Å². The van der Waals surface area contributed by atoms with Gasteiger partial charge in [0.2, 0.25) is 5.91 Å². The fourth-order valence-corrected chi connectivity index (χ4v) is 2.40. The highest BCUT2D eigenvalue weighted by Crippen LogP contribution is 2.14. The van der Waals surface area contributed by atoms with Gasteiger partial charge in [0.15, 0.2) is 5.69 Å². The van der Waals surface area contributed by atoms with Crippen molar-refractivity contribution in [1.82, 2.24) is 20.4 Å². The van der Waals surface area contributed by atoms with Crippen molar-refractivity contribution in [2.75, 3.05) is 19.6 Å². The van der Waals surface area contributed by atoms with E-state index in [2.05, 4.69) is 15.5 Å². The third kappa shape index (κ3) is 2.49. The molecule has 7 nitrogen and oxygen atoms in total. The number of rotatable bonds is 1. The van der Waals surface area contributed by atoms with Gasteiger partial charge in [-0.15, -0.1) is 0 Å². The number of nitrogens with zero attached hydrogens (tertiary/aromatic N) is 2. The maximum atomic E-state index is 12.6. The second kappa shape index (κ2) is 5.35. The minimum absolute atomic E-state index is 0.0652. The predicted molar refractivity (Wildman–Crippen MR) is 75.9 cm³/mol. The zero-order chi connectivity index (χ0) is 14.8. The maximum absolute atomic E-state index is 12.6. The van der Waals surface area contributed by atoms with Crippen LogP contribution in [-0.2, 0) is 4.79 Å². The van der Waals surface area contributed by atoms with Crippen molar-refractivity contribution in [2.45, 2.75) is 6.42 Å². The Kier molecular flexibility index (Phi) is 3.39. The zero-order valence-corrected chi connectivity index (χ0v) is 11.3. The Morgan fingerprint density at radius 2 is 1.90 bits per heavy atom. The van der Waals surface area contributed by atoms with E-state index in [0.717, 1.165) is 0 Å². The average Bonchev–Trinajstić information content (AvgIpc) is 2.72. The van der Waals surface area contributed by atoms with Gasteiger partial charge in [-0.2, -0.15) is 5.10 Å². The van der Waals surface area contributed by atoms with Crippen molar-refractivity contribution in [3.8, 4) is 0 Å². The number of fused-ring (bicyclic) bond motifs is 1. The number of H-pyrrole nitrogens is 1. The van der Waals surface area contributed by atoms with E-state index in [1.54, 1.807) is 29.2 Å². The summed E-state index contributed by atoms with van der Waals surface area (Å²) in [5, 5.41) is 9.92. The molecule has 1 saturated heterocycles. The van der Waals surface area contributed by atoms with Crippen molar-refractivity contribution in [3.63, 3.8) is 0 Å². The lowest BCUT2D eigenvalue weighted by Gasteiger charge is -2.19. The second-order valence-electron chi connectivity index (χ2n) is 4.84. The van der Waals surface area contributed by atoms with Crippen LogP contribution in [0.25, 0.3) is 10.8 Å². The van der Waals surface area contributed by atoms with E-state index < -0.39 is 0 Å². The van der Waals surface area contributed by atoms with Gasteiger partial charge in [-0.25, -0.2) is 5.10 Å². The molecule has 1 aromatic carbocycles. The van der Waals surface area contributed by atoms with Crippen LogP contribution < -0.4 is 10.9 Å². The molecule has 1 aliphatic heterocycles. The Bertz CT molecular complexity index is 768. The van der Waals surface area contributed by atoms with Gasteiger partial charge in [0.25, 0.3) is 11.5 Å². The van der Waals surface area contributed by atoms with E-state index in [-0.39, 0.29) is 29.5 Å². The molecule has 0 unspecified atom stereocenters. The van der Waals surface area contributed by atoms with Crippen molar-refractivity contribution in [3.05, 3.63) is 40.3 Å². The third-order valence-corrected chi connectivity index (χ3v) is 3.50. The Hall–Kier alpha value is -2.70. The fourth-order valence-electron chi connectivity index (χ4n) is 2.40. The van der Waals surface area contributed by atoms with E-state index >= 15 is 0 Å². The fraction of sp³-hybridized carbons (Fsp3) is 0.286. The molecule has 0 aliphatic carbocycles. The van der Waals surface area contributed by atoms with E-state index in [1.807, 2.05) is 0 Å². The Morgan fingerprint density at radius 1 is 1.14 bits per heavy atom. The molecule has 3 rings (SSSR count). The molecule has 108 valence electrons. The first-order valence-corrected chi connectivity index (χ1v) is 6.70. The van der Waals surface area contributed by atoms with Gasteiger partial charge in [0, 0.05) is 31.4 Å². The zero-order valence-electron chi connectivity index (χ0n) is 11.3. The highest BCUT2D eigenvalue weighted by atomic mass is 16.2.